The average Bonchev–Trinajstić information content (AvgIpc) is 2.49. The van der Waals surface area contributed by atoms with Crippen molar-refractivity contribution >= 4 is 10.0 Å². The first kappa shape index (κ1) is 15.7. The van der Waals surface area contributed by atoms with Crippen LogP contribution in [0.25, 0.3) is 0 Å². The third-order valence-corrected chi connectivity index (χ3v) is 4.95. The van der Waals surface area contributed by atoms with Crippen LogP contribution >= 0.6 is 0 Å². The van der Waals surface area contributed by atoms with Crippen molar-refractivity contribution in [2.45, 2.75) is 18.0 Å². The van der Waals surface area contributed by atoms with E-state index in [-0.39, 0.29) is 11.5 Å². The van der Waals surface area contributed by atoms with E-state index in [9.17, 15) is 8.42 Å². The van der Waals surface area contributed by atoms with Crippen LogP contribution in [0, 0.1) is 0 Å². The number of rotatable bonds is 6. The van der Waals surface area contributed by atoms with Crippen molar-refractivity contribution in [3.8, 4) is 0 Å². The van der Waals surface area contributed by atoms with E-state index in [1.807, 2.05) is 30.3 Å². The van der Waals surface area contributed by atoms with E-state index < -0.39 is 10.0 Å². The number of sulfonamides is 1. The first-order valence-electron chi connectivity index (χ1n) is 6.45. The molecule has 0 saturated carbocycles. The molecule has 0 amide bonds. The molecule has 0 bridgehead atoms. The Morgan fingerprint density at radius 2 is 1.62 bits per heavy atom. The molecule has 0 aliphatic carbocycles. The normalized spacial score (nSPS) is 11.8. The van der Waals surface area contributed by atoms with Crippen molar-refractivity contribution in [2.24, 2.45) is 5.90 Å². The predicted octanol–water partition coefficient (Wildman–Crippen LogP) is 1.90. The number of hydrogen-bond acceptors (Lipinski definition) is 4. The van der Waals surface area contributed by atoms with Gasteiger partial charge >= 0.3 is 0 Å². The number of benzene rings is 2. The van der Waals surface area contributed by atoms with Crippen LogP contribution in [-0.4, -0.2) is 19.8 Å². The number of hydrogen-bond donors (Lipinski definition) is 1. The summed E-state index contributed by atoms with van der Waals surface area (Å²) in [6, 6.07) is 16.0. The fraction of sp³-hybridized carbons (Fsp3) is 0.200. The summed E-state index contributed by atoms with van der Waals surface area (Å²) in [5.41, 5.74) is 1.76. The van der Waals surface area contributed by atoms with E-state index in [4.69, 9.17) is 5.90 Å². The van der Waals surface area contributed by atoms with Crippen LogP contribution < -0.4 is 5.90 Å². The summed E-state index contributed by atoms with van der Waals surface area (Å²) in [7, 11) is -1.94. The summed E-state index contributed by atoms with van der Waals surface area (Å²) < 4.78 is 26.3. The van der Waals surface area contributed by atoms with Gasteiger partial charge in [0.15, 0.2) is 0 Å². The Kier molecular flexibility index (Phi) is 5.08. The van der Waals surface area contributed by atoms with Gasteiger partial charge in [-0.25, -0.2) is 14.3 Å². The Morgan fingerprint density at radius 1 is 1.00 bits per heavy atom. The molecule has 2 N–H and O–H groups in total. The highest BCUT2D eigenvalue weighted by Gasteiger charge is 2.20. The maximum absolute atomic E-state index is 12.5. The first-order chi connectivity index (χ1) is 10.0. The van der Waals surface area contributed by atoms with Crippen LogP contribution in [0.5, 0.6) is 0 Å². The van der Waals surface area contributed by atoms with Gasteiger partial charge in [0, 0.05) is 13.6 Å². The van der Waals surface area contributed by atoms with Gasteiger partial charge in [0.25, 0.3) is 0 Å². The first-order valence-corrected chi connectivity index (χ1v) is 7.89. The molecule has 2 rings (SSSR count). The molecule has 0 aromatic heterocycles. The monoisotopic (exact) mass is 306 g/mol. The summed E-state index contributed by atoms with van der Waals surface area (Å²) in [5.74, 6) is 4.99. The average molecular weight is 306 g/mol. The molecule has 2 aromatic carbocycles. The Labute approximate surface area is 125 Å². The summed E-state index contributed by atoms with van der Waals surface area (Å²) in [4.78, 5) is 4.77. The highest BCUT2D eigenvalue weighted by molar-refractivity contribution is 7.89. The maximum Gasteiger partial charge on any atom is 0.243 e. The van der Waals surface area contributed by atoms with Crippen molar-refractivity contribution in [3.05, 3.63) is 65.7 Å². The molecule has 0 heterocycles. The van der Waals surface area contributed by atoms with E-state index in [0.29, 0.717) is 6.54 Å². The molecule has 0 saturated heterocycles. The standard InChI is InChI=1S/C15H18N2O3S/c1-17(11-13-5-3-2-4-6-13)21(18,19)15-9-7-14(8-10-15)12-20-16/h2-10H,11-12,16H2,1H3. The van der Waals surface area contributed by atoms with E-state index in [1.54, 1.807) is 31.3 Å². The molecule has 0 aliphatic rings. The number of nitrogens with two attached hydrogens (primary N) is 1. The van der Waals surface area contributed by atoms with Crippen molar-refractivity contribution in [2.75, 3.05) is 7.05 Å². The van der Waals surface area contributed by atoms with Gasteiger partial charge in [-0.05, 0) is 23.3 Å². The van der Waals surface area contributed by atoms with Crippen LogP contribution in [0.1, 0.15) is 11.1 Å². The summed E-state index contributed by atoms with van der Waals surface area (Å²) in [6.45, 7) is 0.580. The lowest BCUT2D eigenvalue weighted by molar-refractivity contribution is 0.124. The lowest BCUT2D eigenvalue weighted by atomic mass is 10.2. The highest BCUT2D eigenvalue weighted by Crippen LogP contribution is 2.17. The van der Waals surface area contributed by atoms with Gasteiger partial charge in [-0.15, -0.1) is 0 Å². The fourth-order valence-corrected chi connectivity index (χ4v) is 3.12. The Morgan fingerprint density at radius 3 is 2.19 bits per heavy atom. The second-order valence-corrected chi connectivity index (χ2v) is 6.75. The van der Waals surface area contributed by atoms with Gasteiger partial charge in [0.05, 0.1) is 11.5 Å². The molecule has 0 unspecified atom stereocenters. The van der Waals surface area contributed by atoms with Crippen molar-refractivity contribution in [1.82, 2.24) is 4.31 Å². The smallest absolute Gasteiger partial charge is 0.243 e. The third kappa shape index (κ3) is 3.89. The lowest BCUT2D eigenvalue weighted by Gasteiger charge is -2.17. The molecule has 21 heavy (non-hydrogen) atoms. The summed E-state index contributed by atoms with van der Waals surface area (Å²) in [6.07, 6.45) is 0. The van der Waals surface area contributed by atoms with E-state index >= 15 is 0 Å². The maximum atomic E-state index is 12.5. The van der Waals surface area contributed by atoms with Crippen LogP contribution in [0.15, 0.2) is 59.5 Å². The molecule has 112 valence electrons. The quantitative estimate of drug-likeness (QED) is 0.827. The molecule has 0 spiro atoms. The molecule has 0 aliphatic heterocycles. The zero-order chi connectivity index (χ0) is 15.3. The minimum absolute atomic E-state index is 0.250. The van der Waals surface area contributed by atoms with Gasteiger partial charge in [0.1, 0.15) is 0 Å². The topological polar surface area (TPSA) is 72.6 Å². The van der Waals surface area contributed by atoms with E-state index in [0.717, 1.165) is 11.1 Å². The molecule has 2 aromatic rings. The SMILES string of the molecule is CN(Cc1ccccc1)S(=O)(=O)c1ccc(CON)cc1. The molecule has 0 radical (unpaired) electrons. The molecule has 5 nitrogen and oxygen atoms in total. The number of nitrogens with zero attached hydrogens (tertiary/aromatic N) is 1. The van der Waals surface area contributed by atoms with Crippen LogP contribution in [0.4, 0.5) is 0 Å². The second kappa shape index (κ2) is 6.82. The summed E-state index contributed by atoms with van der Waals surface area (Å²) >= 11 is 0. The van der Waals surface area contributed by atoms with Gasteiger partial charge < -0.3 is 0 Å². The largest absolute Gasteiger partial charge is 0.300 e. The highest BCUT2D eigenvalue weighted by atomic mass is 32.2. The molecular formula is C15H18N2O3S. The minimum Gasteiger partial charge on any atom is -0.300 e. The molecular weight excluding hydrogens is 288 g/mol. The van der Waals surface area contributed by atoms with Gasteiger partial charge in [0.2, 0.25) is 10.0 Å². The van der Waals surface area contributed by atoms with Crippen molar-refractivity contribution in [1.29, 1.82) is 0 Å². The van der Waals surface area contributed by atoms with Crippen LogP contribution in [0.3, 0.4) is 0 Å². The minimum atomic E-state index is -3.51. The second-order valence-electron chi connectivity index (χ2n) is 4.70. The van der Waals surface area contributed by atoms with Crippen molar-refractivity contribution < 1.29 is 13.3 Å². The Bertz CT molecular complexity index is 670. The lowest BCUT2D eigenvalue weighted by Crippen LogP contribution is -2.26. The summed E-state index contributed by atoms with van der Waals surface area (Å²) in [5, 5.41) is 0. The third-order valence-electron chi connectivity index (χ3n) is 3.13. The molecule has 0 fully saturated rings. The zero-order valence-electron chi connectivity index (χ0n) is 11.8. The molecule has 0 atom stereocenters. The van der Waals surface area contributed by atoms with Gasteiger partial charge in [-0.3, -0.25) is 4.84 Å². The van der Waals surface area contributed by atoms with Gasteiger partial charge in [-0.2, -0.15) is 4.31 Å². The fourth-order valence-electron chi connectivity index (χ4n) is 1.96. The van der Waals surface area contributed by atoms with E-state index in [1.165, 1.54) is 4.31 Å². The van der Waals surface area contributed by atoms with Crippen LogP contribution in [-0.2, 0) is 28.0 Å². The van der Waals surface area contributed by atoms with Crippen LogP contribution in [0.2, 0.25) is 0 Å². The van der Waals surface area contributed by atoms with Gasteiger partial charge in [-0.1, -0.05) is 42.5 Å². The Balaban J connectivity index is 2.16. The molecule has 6 heteroatoms. The Hall–Kier alpha value is -1.73. The predicted molar refractivity (Wildman–Crippen MR) is 80.5 cm³/mol. The van der Waals surface area contributed by atoms with Crippen molar-refractivity contribution in [3.63, 3.8) is 0 Å². The zero-order valence-corrected chi connectivity index (χ0v) is 12.6. The van der Waals surface area contributed by atoms with E-state index in [2.05, 4.69) is 4.84 Å².